The van der Waals surface area contributed by atoms with E-state index in [0.29, 0.717) is 16.1 Å². The minimum atomic E-state index is -0.493. The smallest absolute Gasteiger partial charge is 0.253 e. The zero-order chi connectivity index (χ0) is 17.3. The third kappa shape index (κ3) is 3.17. The number of pyridine rings is 1. The molecule has 0 amide bonds. The SMILES string of the molecule is CCCc1ccc(-c2cc(C(=O)Cl)c3ccc(Cl)c(C)c3n2)cc1. The van der Waals surface area contributed by atoms with Crippen molar-refractivity contribution < 1.29 is 4.79 Å². The van der Waals surface area contributed by atoms with Crippen molar-refractivity contribution in [2.24, 2.45) is 0 Å². The van der Waals surface area contributed by atoms with Crippen molar-refractivity contribution in [3.63, 3.8) is 0 Å². The Morgan fingerprint density at radius 3 is 2.46 bits per heavy atom. The summed E-state index contributed by atoms with van der Waals surface area (Å²) >= 11 is 12.0. The van der Waals surface area contributed by atoms with Crippen LogP contribution in [0.15, 0.2) is 42.5 Å². The van der Waals surface area contributed by atoms with E-state index in [1.165, 1.54) is 5.56 Å². The number of halogens is 2. The lowest BCUT2D eigenvalue weighted by atomic mass is 10.0. The Morgan fingerprint density at radius 2 is 1.83 bits per heavy atom. The molecule has 0 spiro atoms. The number of fused-ring (bicyclic) bond motifs is 1. The highest BCUT2D eigenvalue weighted by Crippen LogP contribution is 2.31. The third-order valence-corrected chi connectivity index (χ3v) is 4.78. The molecule has 0 aliphatic heterocycles. The number of benzene rings is 2. The fourth-order valence-electron chi connectivity index (χ4n) is 2.85. The molecule has 0 N–H and O–H groups in total. The molecule has 2 aromatic carbocycles. The van der Waals surface area contributed by atoms with Crippen molar-refractivity contribution in [2.75, 3.05) is 0 Å². The van der Waals surface area contributed by atoms with Crippen molar-refractivity contribution in [3.05, 3.63) is 64.2 Å². The molecule has 0 bridgehead atoms. The molecule has 2 nitrogen and oxygen atoms in total. The molecule has 122 valence electrons. The summed E-state index contributed by atoms with van der Waals surface area (Å²) in [5.41, 5.74) is 4.97. The average Bonchev–Trinajstić information content (AvgIpc) is 2.58. The second-order valence-corrected chi connectivity index (χ2v) is 6.59. The lowest BCUT2D eigenvalue weighted by Gasteiger charge is -2.10. The standard InChI is InChI=1S/C20H17Cl2NO/c1-3-4-13-5-7-14(8-6-13)18-11-16(20(22)24)15-9-10-17(21)12(2)19(15)23-18/h5-11H,3-4H2,1-2H3. The predicted molar refractivity (Wildman–Crippen MR) is 101 cm³/mol. The lowest BCUT2D eigenvalue weighted by molar-refractivity contribution is 0.108. The van der Waals surface area contributed by atoms with Gasteiger partial charge in [-0.25, -0.2) is 4.98 Å². The number of hydrogen-bond donors (Lipinski definition) is 0. The van der Waals surface area contributed by atoms with E-state index in [1.54, 1.807) is 18.2 Å². The van der Waals surface area contributed by atoms with E-state index in [9.17, 15) is 4.79 Å². The Bertz CT molecular complexity index is 917. The number of hydrogen-bond acceptors (Lipinski definition) is 2. The van der Waals surface area contributed by atoms with Crippen LogP contribution in [0.2, 0.25) is 5.02 Å². The molecule has 1 aromatic heterocycles. The van der Waals surface area contributed by atoms with Gasteiger partial charge in [-0.3, -0.25) is 4.79 Å². The van der Waals surface area contributed by atoms with Gasteiger partial charge in [-0.1, -0.05) is 55.3 Å². The minimum Gasteiger partial charge on any atom is -0.276 e. The van der Waals surface area contributed by atoms with Crippen LogP contribution < -0.4 is 0 Å². The first-order valence-corrected chi connectivity index (χ1v) is 8.66. The molecule has 0 fully saturated rings. The summed E-state index contributed by atoms with van der Waals surface area (Å²) in [4.78, 5) is 16.6. The molecule has 0 aliphatic carbocycles. The second-order valence-electron chi connectivity index (χ2n) is 5.84. The maximum Gasteiger partial charge on any atom is 0.253 e. The van der Waals surface area contributed by atoms with Crippen molar-refractivity contribution in [3.8, 4) is 11.3 Å². The van der Waals surface area contributed by atoms with Gasteiger partial charge in [0.25, 0.3) is 5.24 Å². The van der Waals surface area contributed by atoms with Gasteiger partial charge in [-0.15, -0.1) is 0 Å². The Hall–Kier alpha value is -1.90. The van der Waals surface area contributed by atoms with Gasteiger partial charge >= 0.3 is 0 Å². The monoisotopic (exact) mass is 357 g/mol. The van der Waals surface area contributed by atoms with Gasteiger partial charge in [0, 0.05) is 21.5 Å². The molecule has 0 saturated carbocycles. The summed E-state index contributed by atoms with van der Waals surface area (Å²) in [6.07, 6.45) is 2.15. The molecule has 0 radical (unpaired) electrons. The quantitative estimate of drug-likeness (QED) is 0.520. The van der Waals surface area contributed by atoms with Crippen molar-refractivity contribution in [1.82, 2.24) is 4.98 Å². The van der Waals surface area contributed by atoms with E-state index in [2.05, 4.69) is 19.1 Å². The van der Waals surface area contributed by atoms with Crippen LogP contribution in [-0.2, 0) is 6.42 Å². The van der Waals surface area contributed by atoms with E-state index in [1.807, 2.05) is 19.1 Å². The molecule has 0 atom stereocenters. The molecular formula is C20H17Cl2NO. The van der Waals surface area contributed by atoms with E-state index < -0.39 is 5.24 Å². The van der Waals surface area contributed by atoms with Crippen molar-refractivity contribution >= 4 is 39.3 Å². The molecule has 0 unspecified atom stereocenters. The predicted octanol–water partition coefficient (Wildman–Crippen LogP) is 6.20. The van der Waals surface area contributed by atoms with Gasteiger partial charge in [-0.2, -0.15) is 0 Å². The highest BCUT2D eigenvalue weighted by molar-refractivity contribution is 6.68. The van der Waals surface area contributed by atoms with Crippen LogP contribution in [-0.4, -0.2) is 10.2 Å². The van der Waals surface area contributed by atoms with Crippen LogP contribution in [0.25, 0.3) is 22.2 Å². The Balaban J connectivity index is 2.21. The second kappa shape index (κ2) is 6.92. The van der Waals surface area contributed by atoms with Gasteiger partial charge in [0.2, 0.25) is 0 Å². The summed E-state index contributed by atoms with van der Waals surface area (Å²) in [5.74, 6) is 0. The summed E-state index contributed by atoms with van der Waals surface area (Å²) < 4.78 is 0. The lowest BCUT2D eigenvalue weighted by Crippen LogP contribution is -1.97. The van der Waals surface area contributed by atoms with Gasteiger partial charge in [0.15, 0.2) is 0 Å². The molecule has 3 aromatic rings. The highest BCUT2D eigenvalue weighted by Gasteiger charge is 2.15. The van der Waals surface area contributed by atoms with E-state index >= 15 is 0 Å². The maximum atomic E-state index is 11.9. The summed E-state index contributed by atoms with van der Waals surface area (Å²) in [5, 5.41) is 0.856. The molecule has 3 rings (SSSR count). The van der Waals surface area contributed by atoms with Gasteiger partial charge in [-0.05, 0) is 48.2 Å². The van der Waals surface area contributed by atoms with Crippen LogP contribution in [0.1, 0.15) is 34.8 Å². The maximum absolute atomic E-state index is 11.9. The third-order valence-electron chi connectivity index (χ3n) is 4.17. The molecule has 0 saturated heterocycles. The Kier molecular flexibility index (Phi) is 4.88. The number of rotatable bonds is 4. The highest BCUT2D eigenvalue weighted by atomic mass is 35.5. The fraction of sp³-hybridized carbons (Fsp3) is 0.200. The normalized spacial score (nSPS) is 11.0. The number of carbonyl (C=O) groups is 1. The zero-order valence-corrected chi connectivity index (χ0v) is 15.1. The van der Waals surface area contributed by atoms with Crippen LogP contribution >= 0.6 is 23.2 Å². The van der Waals surface area contributed by atoms with Crippen molar-refractivity contribution in [2.45, 2.75) is 26.7 Å². The number of aryl methyl sites for hydroxylation is 2. The van der Waals surface area contributed by atoms with E-state index in [4.69, 9.17) is 28.2 Å². The zero-order valence-electron chi connectivity index (χ0n) is 13.6. The largest absolute Gasteiger partial charge is 0.276 e. The number of aromatic nitrogens is 1. The summed E-state index contributed by atoms with van der Waals surface area (Å²) in [6, 6.07) is 13.6. The minimum absolute atomic E-state index is 0.453. The summed E-state index contributed by atoms with van der Waals surface area (Å²) in [6.45, 7) is 4.05. The average molecular weight is 358 g/mol. The molecule has 1 heterocycles. The van der Waals surface area contributed by atoms with Crippen LogP contribution in [0.5, 0.6) is 0 Å². The number of nitrogens with zero attached hydrogens (tertiary/aromatic N) is 1. The molecule has 24 heavy (non-hydrogen) atoms. The first-order valence-electron chi connectivity index (χ1n) is 7.90. The van der Waals surface area contributed by atoms with Gasteiger partial charge in [0.05, 0.1) is 11.2 Å². The van der Waals surface area contributed by atoms with Crippen LogP contribution in [0.3, 0.4) is 0 Å². The van der Waals surface area contributed by atoms with E-state index in [-0.39, 0.29) is 0 Å². The molecule has 0 aliphatic rings. The first-order chi connectivity index (χ1) is 11.5. The van der Waals surface area contributed by atoms with E-state index in [0.717, 1.165) is 35.0 Å². The van der Waals surface area contributed by atoms with Gasteiger partial charge in [0.1, 0.15) is 0 Å². The van der Waals surface area contributed by atoms with Crippen LogP contribution in [0.4, 0.5) is 0 Å². The Labute approximate surface area is 151 Å². The topological polar surface area (TPSA) is 30.0 Å². The summed E-state index contributed by atoms with van der Waals surface area (Å²) in [7, 11) is 0. The van der Waals surface area contributed by atoms with Crippen LogP contribution in [0, 0.1) is 6.92 Å². The molecular weight excluding hydrogens is 341 g/mol. The van der Waals surface area contributed by atoms with Gasteiger partial charge < -0.3 is 0 Å². The Morgan fingerprint density at radius 1 is 1.12 bits per heavy atom. The van der Waals surface area contributed by atoms with Crippen molar-refractivity contribution in [1.29, 1.82) is 0 Å². The fourth-order valence-corrected chi connectivity index (χ4v) is 3.15. The molecule has 4 heteroatoms. The first kappa shape index (κ1) is 16.9. The number of carbonyl (C=O) groups excluding carboxylic acids is 1.